The summed E-state index contributed by atoms with van der Waals surface area (Å²) in [5, 5.41) is 23.2. The third kappa shape index (κ3) is 6.22. The van der Waals surface area contributed by atoms with Gasteiger partial charge in [-0.3, -0.25) is 4.90 Å². The van der Waals surface area contributed by atoms with E-state index < -0.39 is 5.41 Å². The minimum absolute atomic E-state index is 0.272. The highest BCUT2D eigenvalue weighted by atomic mass is 16.5. The molecule has 43 heavy (non-hydrogen) atoms. The molecule has 5 rings (SSSR count). The number of phenols is 2. The molecule has 0 heterocycles. The fourth-order valence-electron chi connectivity index (χ4n) is 6.38. The number of aryl methyl sites for hydroxylation is 3. The van der Waals surface area contributed by atoms with Gasteiger partial charge in [0.05, 0.1) is 12.0 Å². The molecule has 2 N–H and O–H groups in total. The van der Waals surface area contributed by atoms with E-state index in [-0.39, 0.29) is 5.75 Å². The van der Waals surface area contributed by atoms with E-state index >= 15 is 0 Å². The summed E-state index contributed by atoms with van der Waals surface area (Å²) in [4.78, 5) is 2.23. The largest absolute Gasteiger partial charge is 0.507 e. The van der Waals surface area contributed by atoms with Crippen LogP contribution in [0.2, 0.25) is 0 Å². The number of ether oxygens (including phenoxy) is 1. The van der Waals surface area contributed by atoms with Crippen LogP contribution in [0.5, 0.6) is 11.5 Å². The second-order valence-electron chi connectivity index (χ2n) is 11.5. The number of benzene rings is 5. The van der Waals surface area contributed by atoms with E-state index in [9.17, 15) is 10.2 Å². The van der Waals surface area contributed by atoms with Crippen LogP contribution in [0.4, 0.5) is 0 Å². The van der Waals surface area contributed by atoms with Crippen LogP contribution in [0.3, 0.4) is 0 Å². The van der Waals surface area contributed by atoms with Crippen molar-refractivity contribution in [3.8, 4) is 11.5 Å². The van der Waals surface area contributed by atoms with Crippen molar-refractivity contribution in [3.05, 3.63) is 165 Å². The molecule has 5 aromatic carbocycles. The van der Waals surface area contributed by atoms with Gasteiger partial charge in [0, 0.05) is 43.4 Å². The van der Waals surface area contributed by atoms with Gasteiger partial charge in [-0.05, 0) is 43.0 Å². The molecule has 0 unspecified atom stereocenters. The van der Waals surface area contributed by atoms with Crippen LogP contribution in [-0.2, 0) is 23.2 Å². The van der Waals surface area contributed by atoms with Crippen LogP contribution in [0.1, 0.15) is 50.1 Å². The molecule has 0 saturated carbocycles. The Hall–Kier alpha value is -4.38. The average molecular weight is 572 g/mol. The average Bonchev–Trinajstić information content (AvgIpc) is 3.02. The Morgan fingerprint density at radius 3 is 1.51 bits per heavy atom. The van der Waals surface area contributed by atoms with Crippen molar-refractivity contribution < 1.29 is 14.9 Å². The quantitative estimate of drug-likeness (QED) is 0.158. The first-order chi connectivity index (χ1) is 20.8. The maximum atomic E-state index is 12.3. The molecule has 0 aliphatic rings. The van der Waals surface area contributed by atoms with Crippen molar-refractivity contribution in [1.29, 1.82) is 0 Å². The summed E-state index contributed by atoms with van der Waals surface area (Å²) >= 11 is 0. The van der Waals surface area contributed by atoms with E-state index in [4.69, 9.17) is 4.74 Å². The van der Waals surface area contributed by atoms with E-state index in [1.54, 1.807) is 7.11 Å². The summed E-state index contributed by atoms with van der Waals surface area (Å²) in [6, 6.07) is 39.6. The van der Waals surface area contributed by atoms with Gasteiger partial charge in [-0.15, -0.1) is 0 Å². The highest BCUT2D eigenvalue weighted by Gasteiger charge is 2.41. The Kier molecular flexibility index (Phi) is 9.30. The summed E-state index contributed by atoms with van der Waals surface area (Å²) in [6.45, 7) is 8.27. The van der Waals surface area contributed by atoms with Gasteiger partial charge in [-0.1, -0.05) is 126 Å². The standard InChI is InChI=1S/C39H41NO3/c1-28-22-30(3)37(41)31(23-28)26-40(20-21-43-4)27-32-24-29(2)25-36(38(32)42)39(33-14-8-5-9-15-33,34-16-10-6-11-17-34)35-18-12-7-13-19-35/h5-19,22-25,41-42H,20-21,26-27H2,1-4H3. The molecule has 0 amide bonds. The zero-order valence-corrected chi connectivity index (χ0v) is 25.5. The predicted octanol–water partition coefficient (Wildman–Crippen LogP) is 8.05. The van der Waals surface area contributed by atoms with Crippen molar-refractivity contribution in [2.45, 2.75) is 39.3 Å². The lowest BCUT2D eigenvalue weighted by atomic mass is 9.64. The smallest absolute Gasteiger partial charge is 0.124 e. The molecule has 0 aromatic heterocycles. The van der Waals surface area contributed by atoms with Crippen LogP contribution in [0.25, 0.3) is 0 Å². The Balaban J connectivity index is 1.70. The number of hydrogen-bond donors (Lipinski definition) is 2. The van der Waals surface area contributed by atoms with Crippen LogP contribution in [0.15, 0.2) is 115 Å². The molecule has 0 aliphatic carbocycles. The van der Waals surface area contributed by atoms with Crippen molar-refractivity contribution >= 4 is 0 Å². The van der Waals surface area contributed by atoms with Gasteiger partial charge < -0.3 is 14.9 Å². The maximum Gasteiger partial charge on any atom is 0.124 e. The summed E-state index contributed by atoms with van der Waals surface area (Å²) in [5.41, 5.74) is 8.06. The highest BCUT2D eigenvalue weighted by Crippen LogP contribution is 2.49. The number of phenolic OH excluding ortho intramolecular Hbond substituents is 2. The van der Waals surface area contributed by atoms with E-state index in [0.29, 0.717) is 32.0 Å². The maximum absolute atomic E-state index is 12.3. The molecular formula is C39H41NO3. The van der Waals surface area contributed by atoms with Gasteiger partial charge in [-0.2, -0.15) is 0 Å². The monoisotopic (exact) mass is 571 g/mol. The first kappa shape index (κ1) is 30.1. The molecule has 0 bridgehead atoms. The molecule has 4 heteroatoms. The molecule has 4 nitrogen and oxygen atoms in total. The fraction of sp³-hybridized carbons (Fsp3) is 0.231. The summed E-state index contributed by atoms with van der Waals surface area (Å²) in [7, 11) is 1.70. The van der Waals surface area contributed by atoms with Crippen molar-refractivity contribution in [3.63, 3.8) is 0 Å². The zero-order chi connectivity index (χ0) is 30.4. The zero-order valence-electron chi connectivity index (χ0n) is 25.5. The SMILES string of the molecule is COCCN(Cc1cc(C)cc(C)c1O)Cc1cc(C)cc(C(c2ccccc2)(c2ccccc2)c2ccccc2)c1O. The summed E-state index contributed by atoms with van der Waals surface area (Å²) < 4.78 is 5.46. The lowest BCUT2D eigenvalue weighted by Gasteiger charge is -2.38. The van der Waals surface area contributed by atoms with Crippen LogP contribution < -0.4 is 0 Å². The number of aromatic hydroxyl groups is 2. The van der Waals surface area contributed by atoms with Gasteiger partial charge >= 0.3 is 0 Å². The van der Waals surface area contributed by atoms with Crippen LogP contribution in [-0.4, -0.2) is 35.4 Å². The molecule has 0 atom stereocenters. The first-order valence-corrected chi connectivity index (χ1v) is 14.8. The minimum atomic E-state index is -0.752. The third-order valence-corrected chi connectivity index (χ3v) is 8.28. The van der Waals surface area contributed by atoms with Crippen molar-refractivity contribution in [1.82, 2.24) is 4.90 Å². The number of nitrogens with zero attached hydrogens (tertiary/aromatic N) is 1. The van der Waals surface area contributed by atoms with E-state index in [0.717, 1.165) is 50.1 Å². The Morgan fingerprint density at radius 1 is 0.605 bits per heavy atom. The van der Waals surface area contributed by atoms with Crippen molar-refractivity contribution in [2.75, 3.05) is 20.3 Å². The van der Waals surface area contributed by atoms with Gasteiger partial charge in [0.1, 0.15) is 11.5 Å². The molecule has 0 fully saturated rings. The van der Waals surface area contributed by atoms with Crippen LogP contribution in [0, 0.1) is 20.8 Å². The lowest BCUT2D eigenvalue weighted by molar-refractivity contribution is 0.139. The van der Waals surface area contributed by atoms with E-state index in [1.165, 1.54) is 0 Å². The summed E-state index contributed by atoms with van der Waals surface area (Å²) in [5.74, 6) is 0.590. The normalized spacial score (nSPS) is 11.7. The second-order valence-corrected chi connectivity index (χ2v) is 11.5. The highest BCUT2D eigenvalue weighted by molar-refractivity contribution is 5.64. The Morgan fingerprint density at radius 2 is 1.05 bits per heavy atom. The molecular weight excluding hydrogens is 530 g/mol. The number of methoxy groups -OCH3 is 1. The predicted molar refractivity (Wildman–Crippen MR) is 175 cm³/mol. The van der Waals surface area contributed by atoms with Crippen LogP contribution >= 0.6 is 0 Å². The first-order valence-electron chi connectivity index (χ1n) is 14.8. The molecule has 0 radical (unpaired) electrons. The van der Waals surface area contributed by atoms with Crippen molar-refractivity contribution in [2.24, 2.45) is 0 Å². The molecule has 0 aliphatic heterocycles. The fourth-order valence-corrected chi connectivity index (χ4v) is 6.38. The van der Waals surface area contributed by atoms with E-state index in [1.807, 2.05) is 44.2 Å². The molecule has 0 saturated heterocycles. The van der Waals surface area contributed by atoms with Gasteiger partial charge in [0.15, 0.2) is 0 Å². The molecule has 0 spiro atoms. The minimum Gasteiger partial charge on any atom is -0.507 e. The van der Waals surface area contributed by atoms with Gasteiger partial charge in [0.2, 0.25) is 0 Å². The second kappa shape index (κ2) is 13.3. The Bertz CT molecular complexity index is 1550. The van der Waals surface area contributed by atoms with Gasteiger partial charge in [0.25, 0.3) is 0 Å². The Labute approximate surface area is 255 Å². The summed E-state index contributed by atoms with van der Waals surface area (Å²) in [6.07, 6.45) is 0. The van der Waals surface area contributed by atoms with Gasteiger partial charge in [-0.25, -0.2) is 0 Å². The van der Waals surface area contributed by atoms with E-state index in [2.05, 4.69) is 96.8 Å². The molecule has 220 valence electrons. The third-order valence-electron chi connectivity index (χ3n) is 8.28. The lowest BCUT2D eigenvalue weighted by Crippen LogP contribution is -2.32. The number of rotatable bonds is 11. The number of hydrogen-bond acceptors (Lipinski definition) is 4. The molecule has 5 aromatic rings. The topological polar surface area (TPSA) is 52.9 Å².